The SMILES string of the molecule is CC(C)(SSCCN)C(=O)O. The van der Waals surface area contributed by atoms with Crippen LogP contribution in [0.2, 0.25) is 0 Å². The fraction of sp³-hybridized carbons (Fsp3) is 0.833. The Bertz CT molecular complexity index is 139. The lowest BCUT2D eigenvalue weighted by molar-refractivity contribution is -0.138. The second-order valence-corrected chi connectivity index (χ2v) is 5.55. The van der Waals surface area contributed by atoms with Crippen molar-refractivity contribution in [2.45, 2.75) is 18.6 Å². The first-order chi connectivity index (χ1) is 5.00. The molecule has 0 aliphatic carbocycles. The van der Waals surface area contributed by atoms with Crippen LogP contribution in [-0.4, -0.2) is 28.1 Å². The molecule has 0 bridgehead atoms. The molecule has 3 N–H and O–H groups in total. The molecule has 3 nitrogen and oxygen atoms in total. The minimum atomic E-state index is -0.785. The maximum Gasteiger partial charge on any atom is 0.320 e. The molecule has 0 rings (SSSR count). The average Bonchev–Trinajstić information content (AvgIpc) is 1.88. The van der Waals surface area contributed by atoms with Crippen molar-refractivity contribution in [3.05, 3.63) is 0 Å². The molecule has 66 valence electrons. The van der Waals surface area contributed by atoms with Gasteiger partial charge >= 0.3 is 5.97 Å². The predicted molar refractivity (Wildman–Crippen MR) is 50.8 cm³/mol. The van der Waals surface area contributed by atoms with Crippen LogP contribution in [0.15, 0.2) is 0 Å². The van der Waals surface area contributed by atoms with Gasteiger partial charge in [-0.2, -0.15) is 0 Å². The normalized spacial score (nSPS) is 11.5. The van der Waals surface area contributed by atoms with E-state index in [4.69, 9.17) is 10.8 Å². The molecule has 5 heteroatoms. The maximum absolute atomic E-state index is 10.5. The van der Waals surface area contributed by atoms with Crippen LogP contribution in [0.5, 0.6) is 0 Å². The minimum absolute atomic E-state index is 0.591. The molecule has 0 aromatic rings. The van der Waals surface area contributed by atoms with Crippen LogP contribution < -0.4 is 5.73 Å². The Morgan fingerprint density at radius 1 is 1.64 bits per heavy atom. The standard InChI is InChI=1S/C6H13NO2S2/c1-6(2,5(8)9)11-10-4-3-7/h3-4,7H2,1-2H3,(H,8,9). The van der Waals surface area contributed by atoms with Crippen molar-refractivity contribution in [1.29, 1.82) is 0 Å². The molecule has 0 spiro atoms. The highest BCUT2D eigenvalue weighted by Gasteiger charge is 2.27. The van der Waals surface area contributed by atoms with E-state index in [0.29, 0.717) is 6.54 Å². The van der Waals surface area contributed by atoms with Crippen LogP contribution in [0.4, 0.5) is 0 Å². The number of hydrogen-bond donors (Lipinski definition) is 2. The summed E-state index contributed by atoms with van der Waals surface area (Å²) in [6, 6.07) is 0. The fourth-order valence-electron chi connectivity index (χ4n) is 0.273. The molecule has 0 radical (unpaired) electrons. The third-order valence-electron chi connectivity index (χ3n) is 0.983. The van der Waals surface area contributed by atoms with Gasteiger partial charge in [-0.25, -0.2) is 0 Å². The molecule has 0 saturated carbocycles. The smallest absolute Gasteiger partial charge is 0.320 e. The summed E-state index contributed by atoms with van der Waals surface area (Å²) < 4.78 is -0.708. The van der Waals surface area contributed by atoms with Crippen molar-refractivity contribution < 1.29 is 9.90 Å². The maximum atomic E-state index is 10.5. The van der Waals surface area contributed by atoms with Gasteiger partial charge in [-0.1, -0.05) is 21.6 Å². The Balaban J connectivity index is 3.64. The van der Waals surface area contributed by atoms with Crippen LogP contribution >= 0.6 is 21.6 Å². The first-order valence-electron chi connectivity index (χ1n) is 3.25. The van der Waals surface area contributed by atoms with Crippen LogP contribution in [0, 0.1) is 0 Å². The van der Waals surface area contributed by atoms with E-state index in [2.05, 4.69) is 0 Å². The second-order valence-electron chi connectivity index (χ2n) is 2.51. The molecule has 0 heterocycles. The Kier molecular flexibility index (Phi) is 4.96. The van der Waals surface area contributed by atoms with Gasteiger partial charge in [-0.05, 0) is 13.8 Å². The first kappa shape index (κ1) is 11.1. The van der Waals surface area contributed by atoms with E-state index in [0.717, 1.165) is 5.75 Å². The van der Waals surface area contributed by atoms with Crippen LogP contribution in [0.1, 0.15) is 13.8 Å². The van der Waals surface area contributed by atoms with Crippen molar-refractivity contribution in [3.8, 4) is 0 Å². The molecule has 0 atom stereocenters. The highest BCUT2D eigenvalue weighted by molar-refractivity contribution is 8.77. The van der Waals surface area contributed by atoms with Crippen molar-refractivity contribution >= 4 is 27.6 Å². The van der Waals surface area contributed by atoms with Gasteiger partial charge in [0.2, 0.25) is 0 Å². The monoisotopic (exact) mass is 195 g/mol. The van der Waals surface area contributed by atoms with Crippen LogP contribution in [-0.2, 0) is 4.79 Å². The molecular formula is C6H13NO2S2. The lowest BCUT2D eigenvalue weighted by Crippen LogP contribution is -2.26. The topological polar surface area (TPSA) is 63.3 Å². The summed E-state index contributed by atoms with van der Waals surface area (Å²) in [5.41, 5.74) is 5.25. The Hall–Kier alpha value is 0.130. The molecule has 0 fully saturated rings. The molecule has 0 aromatic carbocycles. The van der Waals surface area contributed by atoms with Gasteiger partial charge in [0, 0.05) is 12.3 Å². The van der Waals surface area contributed by atoms with E-state index in [1.165, 1.54) is 21.6 Å². The zero-order valence-corrected chi connectivity index (χ0v) is 8.30. The summed E-state index contributed by atoms with van der Waals surface area (Å²) in [6.07, 6.45) is 0. The molecule has 0 amide bonds. The quantitative estimate of drug-likeness (QED) is 0.509. The van der Waals surface area contributed by atoms with Crippen molar-refractivity contribution in [2.24, 2.45) is 5.73 Å². The van der Waals surface area contributed by atoms with E-state index >= 15 is 0 Å². The molecule has 0 aliphatic rings. The van der Waals surface area contributed by atoms with Gasteiger partial charge in [0.05, 0.1) is 0 Å². The van der Waals surface area contributed by atoms with Crippen molar-refractivity contribution in [1.82, 2.24) is 0 Å². The molecule has 0 saturated heterocycles. The van der Waals surface area contributed by atoms with Gasteiger partial charge in [0.15, 0.2) is 0 Å². The average molecular weight is 195 g/mol. The highest BCUT2D eigenvalue weighted by Crippen LogP contribution is 2.35. The van der Waals surface area contributed by atoms with Crippen LogP contribution in [0.25, 0.3) is 0 Å². The summed E-state index contributed by atoms with van der Waals surface area (Å²) in [5, 5.41) is 8.68. The number of aliphatic carboxylic acids is 1. The number of carbonyl (C=O) groups is 1. The number of carboxylic acid groups (broad SMARTS) is 1. The van der Waals surface area contributed by atoms with Gasteiger partial charge in [-0.15, -0.1) is 0 Å². The summed E-state index contributed by atoms with van der Waals surface area (Å²) in [4.78, 5) is 10.5. The largest absolute Gasteiger partial charge is 0.480 e. The summed E-state index contributed by atoms with van der Waals surface area (Å²) >= 11 is 0. The lowest BCUT2D eigenvalue weighted by atomic mass is 10.2. The Morgan fingerprint density at radius 2 is 2.18 bits per heavy atom. The highest BCUT2D eigenvalue weighted by atomic mass is 33.1. The van der Waals surface area contributed by atoms with Crippen LogP contribution in [0.3, 0.4) is 0 Å². The fourth-order valence-corrected chi connectivity index (χ4v) is 2.45. The van der Waals surface area contributed by atoms with Gasteiger partial charge in [0.1, 0.15) is 4.75 Å². The van der Waals surface area contributed by atoms with Crippen molar-refractivity contribution in [2.75, 3.05) is 12.3 Å². The number of carboxylic acids is 1. The van der Waals surface area contributed by atoms with E-state index in [-0.39, 0.29) is 0 Å². The van der Waals surface area contributed by atoms with Gasteiger partial charge < -0.3 is 10.8 Å². The number of hydrogen-bond acceptors (Lipinski definition) is 4. The second kappa shape index (κ2) is 4.90. The summed E-state index contributed by atoms with van der Waals surface area (Å²) in [5.74, 6) is 0.00787. The molecule has 0 unspecified atom stereocenters. The number of nitrogens with two attached hydrogens (primary N) is 1. The molecule has 0 aromatic heterocycles. The van der Waals surface area contributed by atoms with E-state index in [1.54, 1.807) is 13.8 Å². The van der Waals surface area contributed by atoms with Gasteiger partial charge in [-0.3, -0.25) is 4.79 Å². The van der Waals surface area contributed by atoms with E-state index in [9.17, 15) is 4.79 Å². The number of rotatable bonds is 5. The lowest BCUT2D eigenvalue weighted by Gasteiger charge is -2.16. The summed E-state index contributed by atoms with van der Waals surface area (Å²) in [6.45, 7) is 3.96. The zero-order valence-electron chi connectivity index (χ0n) is 6.66. The Morgan fingerprint density at radius 3 is 2.55 bits per heavy atom. The Labute approximate surface area is 74.5 Å². The molecular weight excluding hydrogens is 182 g/mol. The third-order valence-corrected chi connectivity index (χ3v) is 4.20. The molecule has 11 heavy (non-hydrogen) atoms. The van der Waals surface area contributed by atoms with E-state index in [1.807, 2.05) is 0 Å². The summed E-state index contributed by atoms with van der Waals surface area (Å²) in [7, 11) is 2.85. The molecule has 0 aliphatic heterocycles. The third kappa shape index (κ3) is 4.55. The van der Waals surface area contributed by atoms with E-state index < -0.39 is 10.7 Å². The zero-order chi connectivity index (χ0) is 8.91. The predicted octanol–water partition coefficient (Wildman–Crippen LogP) is 1.19. The minimum Gasteiger partial charge on any atom is -0.480 e. The van der Waals surface area contributed by atoms with Gasteiger partial charge in [0.25, 0.3) is 0 Å². The first-order valence-corrected chi connectivity index (χ1v) is 5.56. The van der Waals surface area contributed by atoms with Crippen molar-refractivity contribution in [3.63, 3.8) is 0 Å².